The van der Waals surface area contributed by atoms with Gasteiger partial charge in [-0.3, -0.25) is 0 Å². The summed E-state index contributed by atoms with van der Waals surface area (Å²) in [5.74, 6) is -0.140. The van der Waals surface area contributed by atoms with E-state index in [1.54, 1.807) is 13.0 Å². The number of halogens is 1. The minimum Gasteiger partial charge on any atom is -0.304 e. The monoisotopic (exact) mass is 257 g/mol. The Morgan fingerprint density at radius 1 is 0.895 bits per heavy atom. The van der Waals surface area contributed by atoms with E-state index < -0.39 is 0 Å². The molecule has 0 aromatic heterocycles. The Hall–Kier alpha value is -1.67. The predicted octanol–water partition coefficient (Wildman–Crippen LogP) is 4.55. The number of aryl methyl sites for hydroxylation is 1. The summed E-state index contributed by atoms with van der Waals surface area (Å²) in [6.07, 6.45) is 0. The van der Waals surface area contributed by atoms with Gasteiger partial charge in [-0.05, 0) is 43.5 Å². The highest BCUT2D eigenvalue weighted by molar-refractivity contribution is 5.26. The number of benzene rings is 2. The Bertz CT molecular complexity index is 536. The lowest BCUT2D eigenvalue weighted by atomic mass is 10.0. The van der Waals surface area contributed by atoms with Gasteiger partial charge in [-0.15, -0.1) is 0 Å². The molecule has 19 heavy (non-hydrogen) atoms. The standard InChI is InChI=1S/C17H20FN/c1-12-9-10-16(11-17(12)18)14(3)19-13(2)15-7-5-4-6-8-15/h4-11,13-14,19H,1-3H3/t13-,14?/m1/s1. The van der Waals surface area contributed by atoms with Crippen LogP contribution in [0.1, 0.15) is 42.6 Å². The quantitative estimate of drug-likeness (QED) is 0.847. The zero-order valence-electron chi connectivity index (χ0n) is 11.7. The third-order valence-corrected chi connectivity index (χ3v) is 3.50. The number of nitrogens with one attached hydrogen (secondary N) is 1. The van der Waals surface area contributed by atoms with Gasteiger partial charge in [-0.25, -0.2) is 4.39 Å². The molecule has 0 saturated heterocycles. The van der Waals surface area contributed by atoms with Gasteiger partial charge in [0.2, 0.25) is 0 Å². The lowest BCUT2D eigenvalue weighted by molar-refractivity contribution is 0.491. The van der Waals surface area contributed by atoms with Crippen LogP contribution in [0.4, 0.5) is 4.39 Å². The summed E-state index contributed by atoms with van der Waals surface area (Å²) in [5, 5.41) is 3.49. The van der Waals surface area contributed by atoms with Gasteiger partial charge in [0.25, 0.3) is 0 Å². The van der Waals surface area contributed by atoms with Crippen LogP contribution in [0, 0.1) is 12.7 Å². The maximum absolute atomic E-state index is 13.6. The third-order valence-electron chi connectivity index (χ3n) is 3.50. The second kappa shape index (κ2) is 5.98. The minimum absolute atomic E-state index is 0.116. The van der Waals surface area contributed by atoms with Crippen molar-refractivity contribution in [2.75, 3.05) is 0 Å². The van der Waals surface area contributed by atoms with Crippen molar-refractivity contribution in [3.05, 3.63) is 71.0 Å². The van der Waals surface area contributed by atoms with Crippen molar-refractivity contribution in [3.63, 3.8) is 0 Å². The molecule has 0 fully saturated rings. The summed E-state index contributed by atoms with van der Waals surface area (Å²) in [6, 6.07) is 16.0. The molecule has 2 aromatic carbocycles. The van der Waals surface area contributed by atoms with E-state index in [0.29, 0.717) is 5.56 Å². The zero-order valence-corrected chi connectivity index (χ0v) is 11.7. The van der Waals surface area contributed by atoms with Gasteiger partial charge < -0.3 is 5.32 Å². The minimum atomic E-state index is -0.140. The average molecular weight is 257 g/mol. The normalized spacial score (nSPS) is 14.1. The highest BCUT2D eigenvalue weighted by atomic mass is 19.1. The highest BCUT2D eigenvalue weighted by Crippen LogP contribution is 2.20. The summed E-state index contributed by atoms with van der Waals surface area (Å²) in [7, 11) is 0. The van der Waals surface area contributed by atoms with Crippen LogP contribution < -0.4 is 5.32 Å². The van der Waals surface area contributed by atoms with E-state index >= 15 is 0 Å². The Morgan fingerprint density at radius 2 is 1.53 bits per heavy atom. The van der Waals surface area contributed by atoms with Crippen molar-refractivity contribution in [3.8, 4) is 0 Å². The molecule has 0 spiro atoms. The van der Waals surface area contributed by atoms with Crippen molar-refractivity contribution < 1.29 is 4.39 Å². The van der Waals surface area contributed by atoms with Crippen LogP contribution in [0.15, 0.2) is 48.5 Å². The van der Waals surface area contributed by atoms with Gasteiger partial charge >= 0.3 is 0 Å². The first-order valence-electron chi connectivity index (χ1n) is 6.65. The topological polar surface area (TPSA) is 12.0 Å². The summed E-state index contributed by atoms with van der Waals surface area (Å²) in [5.41, 5.74) is 2.90. The largest absolute Gasteiger partial charge is 0.304 e. The molecule has 2 atom stereocenters. The third kappa shape index (κ3) is 3.42. The molecule has 2 aromatic rings. The van der Waals surface area contributed by atoms with Crippen LogP contribution >= 0.6 is 0 Å². The summed E-state index contributed by atoms with van der Waals surface area (Å²) in [4.78, 5) is 0. The van der Waals surface area contributed by atoms with Crippen molar-refractivity contribution in [2.24, 2.45) is 0 Å². The molecule has 0 aliphatic rings. The Balaban J connectivity index is 2.08. The lowest BCUT2D eigenvalue weighted by Crippen LogP contribution is -2.22. The molecule has 1 N–H and O–H groups in total. The summed E-state index contributed by atoms with van der Waals surface area (Å²) in [6.45, 7) is 5.96. The lowest BCUT2D eigenvalue weighted by Gasteiger charge is -2.21. The molecular formula is C17H20FN. The van der Waals surface area contributed by atoms with Crippen molar-refractivity contribution >= 4 is 0 Å². The number of hydrogen-bond acceptors (Lipinski definition) is 1. The molecular weight excluding hydrogens is 237 g/mol. The molecule has 0 saturated carbocycles. The van der Waals surface area contributed by atoms with E-state index in [2.05, 4.69) is 31.3 Å². The van der Waals surface area contributed by atoms with Crippen LogP contribution in [-0.2, 0) is 0 Å². The molecule has 100 valence electrons. The Labute approximate surface area is 114 Å². The van der Waals surface area contributed by atoms with Gasteiger partial charge in [-0.2, -0.15) is 0 Å². The molecule has 1 unspecified atom stereocenters. The van der Waals surface area contributed by atoms with Crippen LogP contribution in [-0.4, -0.2) is 0 Å². The molecule has 1 nitrogen and oxygen atoms in total. The second-order valence-corrected chi connectivity index (χ2v) is 5.03. The molecule has 2 heteroatoms. The number of rotatable bonds is 4. The Morgan fingerprint density at radius 3 is 2.16 bits per heavy atom. The molecule has 0 radical (unpaired) electrons. The van der Waals surface area contributed by atoms with E-state index in [1.165, 1.54) is 5.56 Å². The SMILES string of the molecule is Cc1ccc(C(C)N[C@H](C)c2ccccc2)cc1F. The first-order valence-corrected chi connectivity index (χ1v) is 6.65. The van der Waals surface area contributed by atoms with Gasteiger partial charge in [0, 0.05) is 12.1 Å². The summed E-state index contributed by atoms with van der Waals surface area (Å²) < 4.78 is 13.6. The smallest absolute Gasteiger partial charge is 0.126 e. The Kier molecular flexibility index (Phi) is 4.33. The average Bonchev–Trinajstić information content (AvgIpc) is 2.42. The maximum Gasteiger partial charge on any atom is 0.126 e. The molecule has 0 aliphatic heterocycles. The summed E-state index contributed by atoms with van der Waals surface area (Å²) >= 11 is 0. The highest BCUT2D eigenvalue weighted by Gasteiger charge is 2.11. The molecule has 0 heterocycles. The molecule has 0 aliphatic carbocycles. The fourth-order valence-electron chi connectivity index (χ4n) is 2.19. The molecule has 0 amide bonds. The maximum atomic E-state index is 13.6. The predicted molar refractivity (Wildman–Crippen MR) is 77.5 cm³/mol. The van der Waals surface area contributed by atoms with Crippen LogP contribution in [0.25, 0.3) is 0 Å². The van der Waals surface area contributed by atoms with Gasteiger partial charge in [0.1, 0.15) is 5.82 Å². The fourth-order valence-corrected chi connectivity index (χ4v) is 2.19. The van der Waals surface area contributed by atoms with Gasteiger partial charge in [0.15, 0.2) is 0 Å². The first-order chi connectivity index (χ1) is 9.08. The van der Waals surface area contributed by atoms with Gasteiger partial charge in [-0.1, -0.05) is 42.5 Å². The van der Waals surface area contributed by atoms with Crippen molar-refractivity contribution in [1.29, 1.82) is 0 Å². The zero-order chi connectivity index (χ0) is 13.8. The molecule has 0 bridgehead atoms. The molecule has 2 rings (SSSR count). The van der Waals surface area contributed by atoms with Crippen molar-refractivity contribution in [1.82, 2.24) is 5.32 Å². The fraction of sp³-hybridized carbons (Fsp3) is 0.294. The number of hydrogen-bond donors (Lipinski definition) is 1. The van der Waals surface area contributed by atoms with E-state index in [4.69, 9.17) is 0 Å². The van der Waals surface area contributed by atoms with Crippen LogP contribution in [0.3, 0.4) is 0 Å². The first kappa shape index (κ1) is 13.8. The van der Waals surface area contributed by atoms with Crippen LogP contribution in [0.5, 0.6) is 0 Å². The van der Waals surface area contributed by atoms with E-state index in [-0.39, 0.29) is 17.9 Å². The van der Waals surface area contributed by atoms with E-state index in [1.807, 2.05) is 30.3 Å². The van der Waals surface area contributed by atoms with Gasteiger partial charge in [0.05, 0.1) is 0 Å². The van der Waals surface area contributed by atoms with Crippen molar-refractivity contribution in [2.45, 2.75) is 32.9 Å². The van der Waals surface area contributed by atoms with E-state index in [0.717, 1.165) is 5.56 Å². The van der Waals surface area contributed by atoms with Crippen LogP contribution in [0.2, 0.25) is 0 Å². The second-order valence-electron chi connectivity index (χ2n) is 5.03. The van der Waals surface area contributed by atoms with E-state index in [9.17, 15) is 4.39 Å².